The smallest absolute Gasteiger partial charge is 0.361 e. The van der Waals surface area contributed by atoms with Gasteiger partial charge in [0, 0.05) is 31.0 Å². The van der Waals surface area contributed by atoms with Gasteiger partial charge in [-0.05, 0) is 36.1 Å². The third-order valence-corrected chi connectivity index (χ3v) is 7.24. The number of hydrogen-bond donors (Lipinski definition) is 1. The van der Waals surface area contributed by atoms with Crippen molar-refractivity contribution < 1.29 is 26.0 Å². The van der Waals surface area contributed by atoms with Gasteiger partial charge >= 0.3 is 15.5 Å². The highest BCUT2D eigenvalue weighted by Crippen LogP contribution is 2.36. The number of aromatic nitrogens is 2. The van der Waals surface area contributed by atoms with E-state index in [0.29, 0.717) is 34.1 Å². The number of rotatable bonds is 6. The minimum atomic E-state index is -5.58. The van der Waals surface area contributed by atoms with Crippen LogP contribution < -0.4 is 4.90 Å². The Morgan fingerprint density at radius 2 is 1.88 bits per heavy atom. The molecule has 176 valence electrons. The molecule has 3 aromatic rings. The lowest BCUT2D eigenvalue weighted by Crippen LogP contribution is -2.47. The van der Waals surface area contributed by atoms with Gasteiger partial charge in [0.15, 0.2) is 0 Å². The third kappa shape index (κ3) is 5.03. The van der Waals surface area contributed by atoms with Crippen LogP contribution in [0.25, 0.3) is 0 Å². The van der Waals surface area contributed by atoms with Crippen LogP contribution in [0.15, 0.2) is 61.1 Å². The molecule has 33 heavy (non-hydrogen) atoms. The lowest BCUT2D eigenvalue weighted by molar-refractivity contribution is -0.0492. The zero-order valence-corrected chi connectivity index (χ0v) is 18.3. The average molecular weight is 483 g/mol. The van der Waals surface area contributed by atoms with Gasteiger partial charge in [-0.3, -0.25) is 0 Å². The van der Waals surface area contributed by atoms with E-state index >= 15 is 0 Å². The summed E-state index contributed by atoms with van der Waals surface area (Å²) in [6, 6.07) is 12.4. The fourth-order valence-corrected chi connectivity index (χ4v) is 5.02. The van der Waals surface area contributed by atoms with Gasteiger partial charge in [0.2, 0.25) is 0 Å². The lowest BCUT2D eigenvalue weighted by Gasteiger charge is -2.34. The maximum atomic E-state index is 14.2. The summed E-state index contributed by atoms with van der Waals surface area (Å²) >= 11 is 0. The molecule has 0 saturated heterocycles. The molecule has 6 nitrogen and oxygen atoms in total. The number of halogens is 4. The van der Waals surface area contributed by atoms with Crippen LogP contribution in [0.4, 0.5) is 23.2 Å². The van der Waals surface area contributed by atoms with Crippen molar-refractivity contribution in [3.63, 3.8) is 0 Å². The molecule has 1 atom stereocenters. The van der Waals surface area contributed by atoms with Crippen LogP contribution in [0.1, 0.15) is 23.2 Å². The number of imidazole rings is 1. The predicted octanol–water partition coefficient (Wildman–Crippen LogP) is 4.22. The first-order valence-corrected chi connectivity index (χ1v) is 11.7. The van der Waals surface area contributed by atoms with Crippen molar-refractivity contribution in [2.45, 2.75) is 37.5 Å². The molecule has 2 heterocycles. The molecule has 1 aliphatic heterocycles. The van der Waals surface area contributed by atoms with Crippen molar-refractivity contribution in [1.82, 2.24) is 14.3 Å². The molecule has 0 amide bonds. The first-order chi connectivity index (χ1) is 15.6. The SMILES string of the molecule is O=S(=O)(N1Cc2ccc(F)cc2N(Cc2cnc[nH]2)C(CCc2ccccc2)C1)C(F)(F)F. The molecular formula is C22H22F4N4O2S. The number of anilines is 1. The average Bonchev–Trinajstić information content (AvgIpc) is 3.23. The van der Waals surface area contributed by atoms with Crippen LogP contribution in [-0.4, -0.2) is 40.8 Å². The second-order valence-electron chi connectivity index (χ2n) is 7.90. The number of nitrogens with zero attached hydrogens (tertiary/aromatic N) is 3. The van der Waals surface area contributed by atoms with Crippen molar-refractivity contribution >= 4 is 15.7 Å². The van der Waals surface area contributed by atoms with Crippen LogP contribution in [0.2, 0.25) is 0 Å². The predicted molar refractivity (Wildman–Crippen MR) is 115 cm³/mol. The van der Waals surface area contributed by atoms with Crippen molar-refractivity contribution in [1.29, 1.82) is 0 Å². The number of nitrogens with one attached hydrogen (secondary N) is 1. The molecule has 0 radical (unpaired) electrons. The molecule has 0 spiro atoms. The molecule has 1 aliphatic rings. The number of sulfonamides is 1. The minimum absolute atomic E-state index is 0.204. The highest BCUT2D eigenvalue weighted by atomic mass is 32.2. The summed E-state index contributed by atoms with van der Waals surface area (Å²) in [5.74, 6) is -0.558. The monoisotopic (exact) mass is 482 g/mol. The van der Waals surface area contributed by atoms with Crippen LogP contribution >= 0.6 is 0 Å². The van der Waals surface area contributed by atoms with E-state index < -0.39 is 33.9 Å². The van der Waals surface area contributed by atoms with E-state index in [-0.39, 0.29) is 13.1 Å². The number of fused-ring (bicyclic) bond motifs is 1. The maximum Gasteiger partial charge on any atom is 0.511 e. The molecule has 0 bridgehead atoms. The quantitative estimate of drug-likeness (QED) is 0.534. The number of hydrogen-bond acceptors (Lipinski definition) is 4. The number of aromatic amines is 1. The highest BCUT2D eigenvalue weighted by molar-refractivity contribution is 7.89. The van der Waals surface area contributed by atoms with Gasteiger partial charge in [-0.1, -0.05) is 36.4 Å². The zero-order chi connectivity index (χ0) is 23.6. The Balaban J connectivity index is 1.76. The molecular weight excluding hydrogens is 460 g/mol. The third-order valence-electron chi connectivity index (χ3n) is 5.70. The van der Waals surface area contributed by atoms with Crippen molar-refractivity contribution in [2.24, 2.45) is 0 Å². The number of H-pyrrole nitrogens is 1. The van der Waals surface area contributed by atoms with Gasteiger partial charge < -0.3 is 9.88 Å². The number of alkyl halides is 3. The molecule has 0 aliphatic carbocycles. The molecule has 0 fully saturated rings. The van der Waals surface area contributed by atoms with Gasteiger partial charge in [-0.15, -0.1) is 0 Å². The Kier molecular flexibility index (Phi) is 6.44. The fourth-order valence-electron chi connectivity index (χ4n) is 4.05. The molecule has 11 heteroatoms. The molecule has 1 unspecified atom stereocenters. The molecule has 4 rings (SSSR count). The fraction of sp³-hybridized carbons (Fsp3) is 0.318. The van der Waals surface area contributed by atoms with E-state index in [0.717, 1.165) is 11.6 Å². The summed E-state index contributed by atoms with van der Waals surface area (Å²) < 4.78 is 79.8. The highest BCUT2D eigenvalue weighted by Gasteiger charge is 2.51. The van der Waals surface area contributed by atoms with Crippen molar-refractivity contribution in [3.8, 4) is 0 Å². The van der Waals surface area contributed by atoms with Crippen LogP contribution in [-0.2, 0) is 29.5 Å². The van der Waals surface area contributed by atoms with Crippen molar-refractivity contribution in [2.75, 3.05) is 11.4 Å². The summed E-state index contributed by atoms with van der Waals surface area (Å²) in [7, 11) is -5.58. The minimum Gasteiger partial charge on any atom is -0.361 e. The van der Waals surface area contributed by atoms with Crippen molar-refractivity contribution in [3.05, 3.63) is 83.7 Å². The topological polar surface area (TPSA) is 69.3 Å². The van der Waals surface area contributed by atoms with E-state index in [1.165, 1.54) is 18.5 Å². The van der Waals surface area contributed by atoms with Gasteiger partial charge in [-0.25, -0.2) is 17.8 Å². The Morgan fingerprint density at radius 1 is 1.12 bits per heavy atom. The number of benzene rings is 2. The summed E-state index contributed by atoms with van der Waals surface area (Å²) in [5.41, 5.74) is -3.14. The van der Waals surface area contributed by atoms with Gasteiger partial charge in [0.05, 0.1) is 18.6 Å². The summed E-state index contributed by atoms with van der Waals surface area (Å²) in [6.45, 7) is -0.687. The molecule has 1 aromatic heterocycles. The van der Waals surface area contributed by atoms with Gasteiger partial charge in [-0.2, -0.15) is 17.5 Å². The van der Waals surface area contributed by atoms with Crippen LogP contribution in [0.3, 0.4) is 0 Å². The van der Waals surface area contributed by atoms with Gasteiger partial charge in [0.1, 0.15) is 5.82 Å². The van der Waals surface area contributed by atoms with E-state index in [1.54, 1.807) is 11.1 Å². The van der Waals surface area contributed by atoms with E-state index in [1.807, 2.05) is 30.3 Å². The van der Waals surface area contributed by atoms with E-state index in [4.69, 9.17) is 0 Å². The lowest BCUT2D eigenvalue weighted by atomic mass is 10.0. The molecule has 0 saturated carbocycles. The summed E-state index contributed by atoms with van der Waals surface area (Å²) in [6.07, 6.45) is 3.91. The molecule has 1 N–H and O–H groups in total. The largest absolute Gasteiger partial charge is 0.511 e. The Bertz CT molecular complexity index is 1180. The normalized spacial score (nSPS) is 17.6. The van der Waals surface area contributed by atoms with Crippen LogP contribution in [0.5, 0.6) is 0 Å². The maximum absolute atomic E-state index is 14.2. The second-order valence-corrected chi connectivity index (χ2v) is 9.83. The zero-order valence-electron chi connectivity index (χ0n) is 17.5. The Morgan fingerprint density at radius 3 is 2.55 bits per heavy atom. The Hall–Kier alpha value is -2.92. The second kappa shape index (κ2) is 9.14. The summed E-state index contributed by atoms with van der Waals surface area (Å²) in [4.78, 5) is 8.69. The van der Waals surface area contributed by atoms with E-state index in [9.17, 15) is 26.0 Å². The summed E-state index contributed by atoms with van der Waals surface area (Å²) in [5, 5.41) is 0. The first kappa shape index (κ1) is 23.2. The Labute approximate surface area is 188 Å². The number of aryl methyl sites for hydroxylation is 1. The van der Waals surface area contributed by atoms with Crippen LogP contribution in [0, 0.1) is 5.82 Å². The first-order valence-electron chi connectivity index (χ1n) is 10.3. The standard InChI is InChI=1S/C22H22F4N4O2S/c23-18-8-7-17-12-29(33(31,32)22(24,25)26)14-20(9-6-16-4-2-1-3-5-16)30(21(17)10-18)13-19-11-27-15-28-19/h1-5,7-8,10-11,15,20H,6,9,12-14H2,(H,27,28). The van der Waals surface area contributed by atoms with Gasteiger partial charge in [0.25, 0.3) is 0 Å². The molecule has 2 aromatic carbocycles. The van der Waals surface area contributed by atoms with E-state index in [2.05, 4.69) is 9.97 Å².